The zero-order chi connectivity index (χ0) is 18.9. The molecule has 0 bridgehead atoms. The Bertz CT molecular complexity index is 760. The molecule has 0 aliphatic heterocycles. The predicted molar refractivity (Wildman–Crippen MR) is 96.6 cm³/mol. The minimum absolute atomic E-state index is 0.248. The summed E-state index contributed by atoms with van der Waals surface area (Å²) in [6.07, 6.45) is 0.248. The first-order chi connectivity index (χ1) is 12.5. The van der Waals surface area contributed by atoms with Crippen LogP contribution in [0.5, 0.6) is 5.75 Å². The van der Waals surface area contributed by atoms with E-state index in [9.17, 15) is 14.4 Å². The third-order valence-corrected chi connectivity index (χ3v) is 3.72. The second kappa shape index (κ2) is 9.22. The topological polar surface area (TPSA) is 111 Å². The molecule has 0 aromatic heterocycles. The molecule has 0 saturated heterocycles. The molecule has 0 fully saturated rings. The molecule has 0 spiro atoms. The van der Waals surface area contributed by atoms with Crippen LogP contribution in [0.4, 0.5) is 0 Å². The lowest BCUT2D eigenvalue weighted by molar-refractivity contribution is -0.126. The molecular formula is C19H21N3O4. The molecule has 0 unspecified atom stereocenters. The van der Waals surface area contributed by atoms with E-state index in [1.165, 1.54) is 0 Å². The molecule has 4 N–H and O–H groups in total. The van der Waals surface area contributed by atoms with Gasteiger partial charge in [-0.2, -0.15) is 0 Å². The lowest BCUT2D eigenvalue weighted by Gasteiger charge is -2.16. The summed E-state index contributed by atoms with van der Waals surface area (Å²) in [5, 5.41) is 5.04. The van der Waals surface area contributed by atoms with Crippen molar-refractivity contribution in [3.63, 3.8) is 0 Å². The van der Waals surface area contributed by atoms with Crippen molar-refractivity contribution in [1.29, 1.82) is 0 Å². The summed E-state index contributed by atoms with van der Waals surface area (Å²) >= 11 is 0. The van der Waals surface area contributed by atoms with Gasteiger partial charge in [-0.1, -0.05) is 30.3 Å². The molecule has 0 aliphatic carbocycles. The van der Waals surface area contributed by atoms with Crippen molar-refractivity contribution in [3.8, 4) is 5.75 Å². The van der Waals surface area contributed by atoms with Crippen molar-refractivity contribution in [2.75, 3.05) is 13.7 Å². The fourth-order valence-corrected chi connectivity index (χ4v) is 2.32. The van der Waals surface area contributed by atoms with Gasteiger partial charge in [0.15, 0.2) is 0 Å². The van der Waals surface area contributed by atoms with E-state index in [1.54, 1.807) is 61.7 Å². The lowest BCUT2D eigenvalue weighted by Crippen LogP contribution is -2.49. The van der Waals surface area contributed by atoms with Crippen LogP contribution in [0.15, 0.2) is 54.6 Å². The molecular weight excluding hydrogens is 334 g/mol. The number of methoxy groups -OCH3 is 1. The van der Waals surface area contributed by atoms with Gasteiger partial charge in [-0.05, 0) is 29.8 Å². The summed E-state index contributed by atoms with van der Waals surface area (Å²) in [5.41, 5.74) is 6.64. The number of hydrogen-bond donors (Lipinski definition) is 3. The van der Waals surface area contributed by atoms with Gasteiger partial charge in [0.1, 0.15) is 11.8 Å². The summed E-state index contributed by atoms with van der Waals surface area (Å²) < 4.78 is 5.08. The summed E-state index contributed by atoms with van der Waals surface area (Å²) in [6, 6.07) is 14.8. The maximum Gasteiger partial charge on any atom is 0.251 e. The van der Waals surface area contributed by atoms with Crippen molar-refractivity contribution in [3.05, 3.63) is 65.7 Å². The van der Waals surface area contributed by atoms with Crippen molar-refractivity contribution >= 4 is 17.7 Å². The molecule has 0 saturated carbocycles. The van der Waals surface area contributed by atoms with Gasteiger partial charge in [-0.15, -0.1) is 0 Å². The molecule has 2 aromatic rings. The number of rotatable bonds is 8. The second-order valence-electron chi connectivity index (χ2n) is 5.62. The summed E-state index contributed by atoms with van der Waals surface area (Å²) in [5.74, 6) is -0.821. The van der Waals surface area contributed by atoms with E-state index in [-0.39, 0.29) is 18.9 Å². The Balaban J connectivity index is 1.88. The van der Waals surface area contributed by atoms with Gasteiger partial charge >= 0.3 is 0 Å². The molecule has 7 nitrogen and oxygen atoms in total. The minimum atomic E-state index is -0.871. The van der Waals surface area contributed by atoms with Gasteiger partial charge in [0.25, 0.3) is 5.91 Å². The van der Waals surface area contributed by atoms with Crippen LogP contribution in [-0.4, -0.2) is 37.4 Å². The number of primary amides is 1. The van der Waals surface area contributed by atoms with Crippen LogP contribution < -0.4 is 21.1 Å². The maximum absolute atomic E-state index is 12.0. The van der Waals surface area contributed by atoms with Crippen LogP contribution in [-0.2, 0) is 16.0 Å². The molecule has 2 aromatic carbocycles. The van der Waals surface area contributed by atoms with Crippen LogP contribution in [0.25, 0.3) is 0 Å². The van der Waals surface area contributed by atoms with Crippen LogP contribution in [0.2, 0.25) is 0 Å². The number of hydrogen-bond acceptors (Lipinski definition) is 4. The number of nitrogens with one attached hydrogen (secondary N) is 2. The van der Waals surface area contributed by atoms with Crippen molar-refractivity contribution in [2.45, 2.75) is 12.5 Å². The summed E-state index contributed by atoms with van der Waals surface area (Å²) in [6.45, 7) is -0.250. The molecule has 136 valence electrons. The SMILES string of the molecule is COc1ccc(C[C@H](NC(=O)CNC(=O)c2ccccc2)C(N)=O)cc1. The first kappa shape index (κ1) is 19.0. The van der Waals surface area contributed by atoms with Crippen molar-refractivity contribution in [2.24, 2.45) is 5.73 Å². The van der Waals surface area contributed by atoms with Gasteiger partial charge in [-0.25, -0.2) is 0 Å². The fourth-order valence-electron chi connectivity index (χ4n) is 2.32. The van der Waals surface area contributed by atoms with E-state index >= 15 is 0 Å². The molecule has 2 rings (SSSR count). The molecule has 0 radical (unpaired) electrons. The zero-order valence-electron chi connectivity index (χ0n) is 14.4. The fraction of sp³-hybridized carbons (Fsp3) is 0.211. The first-order valence-electron chi connectivity index (χ1n) is 8.04. The Labute approximate surface area is 151 Å². The zero-order valence-corrected chi connectivity index (χ0v) is 14.4. The summed E-state index contributed by atoms with van der Waals surface area (Å²) in [4.78, 5) is 35.6. The summed E-state index contributed by atoms with van der Waals surface area (Å²) in [7, 11) is 1.56. The number of benzene rings is 2. The molecule has 7 heteroatoms. The van der Waals surface area contributed by atoms with Gasteiger partial charge < -0.3 is 21.1 Å². The highest BCUT2D eigenvalue weighted by molar-refractivity contribution is 5.97. The average molecular weight is 355 g/mol. The normalized spacial score (nSPS) is 11.3. The van der Waals surface area contributed by atoms with Crippen LogP contribution in [0.3, 0.4) is 0 Å². The Kier molecular flexibility index (Phi) is 6.73. The van der Waals surface area contributed by atoms with E-state index in [0.29, 0.717) is 11.3 Å². The van der Waals surface area contributed by atoms with E-state index < -0.39 is 17.9 Å². The smallest absolute Gasteiger partial charge is 0.251 e. The standard InChI is InChI=1S/C19H21N3O4/c1-26-15-9-7-13(8-10-15)11-16(18(20)24)22-17(23)12-21-19(25)14-5-3-2-4-6-14/h2-10,16H,11-12H2,1H3,(H2,20,24)(H,21,25)(H,22,23)/t16-/m0/s1. The Morgan fingerprint density at radius 3 is 2.27 bits per heavy atom. The van der Waals surface area contributed by atoms with E-state index in [2.05, 4.69) is 10.6 Å². The van der Waals surface area contributed by atoms with Gasteiger partial charge in [0.05, 0.1) is 13.7 Å². The highest BCUT2D eigenvalue weighted by Gasteiger charge is 2.19. The number of ether oxygens (including phenoxy) is 1. The van der Waals surface area contributed by atoms with Crippen molar-refractivity contribution < 1.29 is 19.1 Å². The monoisotopic (exact) mass is 355 g/mol. The van der Waals surface area contributed by atoms with Crippen LogP contribution >= 0.6 is 0 Å². The third-order valence-electron chi connectivity index (χ3n) is 3.72. The van der Waals surface area contributed by atoms with Gasteiger partial charge in [-0.3, -0.25) is 14.4 Å². The average Bonchev–Trinajstić information content (AvgIpc) is 2.66. The van der Waals surface area contributed by atoms with Crippen LogP contribution in [0, 0.1) is 0 Å². The number of carbonyl (C=O) groups is 3. The quantitative estimate of drug-likeness (QED) is 0.645. The van der Waals surface area contributed by atoms with E-state index in [4.69, 9.17) is 10.5 Å². The lowest BCUT2D eigenvalue weighted by atomic mass is 10.1. The molecule has 1 atom stereocenters. The number of nitrogens with two attached hydrogens (primary N) is 1. The van der Waals surface area contributed by atoms with Gasteiger partial charge in [0, 0.05) is 12.0 Å². The van der Waals surface area contributed by atoms with Crippen LogP contribution in [0.1, 0.15) is 15.9 Å². The van der Waals surface area contributed by atoms with E-state index in [1.807, 2.05) is 0 Å². The van der Waals surface area contributed by atoms with Crippen molar-refractivity contribution in [1.82, 2.24) is 10.6 Å². The third kappa shape index (κ3) is 5.62. The largest absolute Gasteiger partial charge is 0.497 e. The number of amides is 3. The number of carbonyl (C=O) groups excluding carboxylic acids is 3. The molecule has 26 heavy (non-hydrogen) atoms. The first-order valence-corrected chi connectivity index (χ1v) is 8.04. The van der Waals surface area contributed by atoms with E-state index in [0.717, 1.165) is 5.56 Å². The molecule has 0 aliphatic rings. The highest BCUT2D eigenvalue weighted by atomic mass is 16.5. The highest BCUT2D eigenvalue weighted by Crippen LogP contribution is 2.12. The Hall–Kier alpha value is -3.35. The Morgan fingerprint density at radius 1 is 1.04 bits per heavy atom. The maximum atomic E-state index is 12.0. The minimum Gasteiger partial charge on any atom is -0.497 e. The second-order valence-corrected chi connectivity index (χ2v) is 5.62. The Morgan fingerprint density at radius 2 is 1.69 bits per heavy atom. The molecule has 3 amide bonds. The molecule has 0 heterocycles. The predicted octanol–water partition coefficient (Wildman–Crippen LogP) is 0.638. The van der Waals surface area contributed by atoms with Gasteiger partial charge in [0.2, 0.25) is 11.8 Å².